The number of benzene rings is 1. The van der Waals surface area contributed by atoms with Crippen molar-refractivity contribution in [3.63, 3.8) is 0 Å². The minimum atomic E-state index is -0.355. The molecule has 24 heavy (non-hydrogen) atoms. The van der Waals surface area contributed by atoms with Gasteiger partial charge in [0, 0.05) is 6.20 Å². The van der Waals surface area contributed by atoms with Crippen LogP contribution in [-0.4, -0.2) is 20.1 Å². The van der Waals surface area contributed by atoms with Crippen molar-refractivity contribution in [2.75, 3.05) is 0 Å². The van der Waals surface area contributed by atoms with E-state index in [4.69, 9.17) is 5.26 Å². The number of aromatic nitrogens is 3. The van der Waals surface area contributed by atoms with Crippen molar-refractivity contribution in [3.05, 3.63) is 70.3 Å². The second-order valence-electron chi connectivity index (χ2n) is 5.39. The summed E-state index contributed by atoms with van der Waals surface area (Å²) in [5.41, 5.74) is 1.58. The van der Waals surface area contributed by atoms with Gasteiger partial charge in [-0.2, -0.15) is 5.26 Å². The summed E-state index contributed by atoms with van der Waals surface area (Å²) in [5.74, 6) is -0.308. The average Bonchev–Trinajstić information content (AvgIpc) is 2.91. The highest BCUT2D eigenvalue weighted by Gasteiger charge is 2.13. The first-order valence-corrected chi connectivity index (χ1v) is 7.42. The molecule has 7 heteroatoms. The van der Waals surface area contributed by atoms with Crippen LogP contribution in [0.4, 0.5) is 0 Å². The highest BCUT2D eigenvalue weighted by molar-refractivity contribution is 5.76. The third kappa shape index (κ3) is 3.03. The number of fused-ring (bicyclic) bond motifs is 1. The molecule has 0 bridgehead atoms. The number of hydrogen-bond donors (Lipinski definition) is 1. The monoisotopic (exact) mass is 321 g/mol. The molecular formula is C17H15N5O2. The number of nitriles is 1. The number of amides is 1. The first kappa shape index (κ1) is 15.5. The van der Waals surface area contributed by atoms with Crippen LogP contribution < -0.4 is 11.0 Å². The van der Waals surface area contributed by atoms with Gasteiger partial charge in [0.15, 0.2) is 5.65 Å². The van der Waals surface area contributed by atoms with Gasteiger partial charge in [-0.25, -0.2) is 9.48 Å². The molecule has 0 fully saturated rings. The molecule has 2 aromatic heterocycles. The zero-order valence-corrected chi connectivity index (χ0v) is 13.0. The largest absolute Gasteiger partial charge is 0.350 e. The molecule has 2 heterocycles. The Bertz CT molecular complexity index is 979. The maximum Gasteiger partial charge on any atom is 0.350 e. The Hall–Kier alpha value is -3.40. The number of nitrogens with one attached hydrogen (secondary N) is 1. The Morgan fingerprint density at radius 1 is 1.29 bits per heavy atom. The molecule has 0 spiro atoms. The van der Waals surface area contributed by atoms with E-state index in [9.17, 15) is 9.59 Å². The number of nitrogens with zero attached hydrogens (tertiary/aromatic N) is 4. The predicted molar refractivity (Wildman–Crippen MR) is 87.2 cm³/mol. The second-order valence-corrected chi connectivity index (χ2v) is 5.39. The van der Waals surface area contributed by atoms with Gasteiger partial charge in [0.05, 0.1) is 17.7 Å². The van der Waals surface area contributed by atoms with E-state index in [1.807, 2.05) is 13.0 Å². The molecule has 7 nitrogen and oxygen atoms in total. The fourth-order valence-corrected chi connectivity index (χ4v) is 2.42. The minimum Gasteiger partial charge on any atom is -0.348 e. The van der Waals surface area contributed by atoms with Crippen LogP contribution in [0.3, 0.4) is 0 Å². The zero-order valence-electron chi connectivity index (χ0n) is 13.0. The van der Waals surface area contributed by atoms with Crippen LogP contribution in [-0.2, 0) is 11.3 Å². The van der Waals surface area contributed by atoms with Gasteiger partial charge < -0.3 is 5.32 Å². The van der Waals surface area contributed by atoms with E-state index in [1.165, 1.54) is 4.40 Å². The zero-order chi connectivity index (χ0) is 17.1. The van der Waals surface area contributed by atoms with Crippen molar-refractivity contribution in [2.45, 2.75) is 19.5 Å². The summed E-state index contributed by atoms with van der Waals surface area (Å²) in [6.45, 7) is 1.69. The van der Waals surface area contributed by atoms with E-state index in [-0.39, 0.29) is 24.2 Å². The maximum atomic E-state index is 12.2. The van der Waals surface area contributed by atoms with Crippen LogP contribution in [0.1, 0.15) is 24.1 Å². The summed E-state index contributed by atoms with van der Waals surface area (Å²) in [7, 11) is 0. The van der Waals surface area contributed by atoms with Gasteiger partial charge >= 0.3 is 5.69 Å². The van der Waals surface area contributed by atoms with Crippen LogP contribution in [0.5, 0.6) is 0 Å². The number of carbonyl (C=O) groups is 1. The maximum absolute atomic E-state index is 12.2. The lowest BCUT2D eigenvalue weighted by molar-refractivity contribution is -0.122. The molecule has 0 saturated carbocycles. The lowest BCUT2D eigenvalue weighted by Crippen LogP contribution is -2.34. The minimum absolute atomic E-state index is 0.152. The average molecular weight is 321 g/mol. The van der Waals surface area contributed by atoms with Crippen LogP contribution in [0, 0.1) is 11.3 Å². The summed E-state index contributed by atoms with van der Waals surface area (Å²) in [4.78, 5) is 24.3. The number of rotatable bonds is 4. The SMILES string of the molecule is CC(NC(=O)Cn1nc2ccccn2c1=O)c1ccc(C#N)cc1. The first-order chi connectivity index (χ1) is 11.6. The van der Waals surface area contributed by atoms with Crippen molar-refractivity contribution < 1.29 is 4.79 Å². The molecule has 120 valence electrons. The van der Waals surface area contributed by atoms with Crippen LogP contribution in [0.25, 0.3) is 5.65 Å². The summed E-state index contributed by atoms with van der Waals surface area (Å²) >= 11 is 0. The standard InChI is InChI=1S/C17H15N5O2/c1-12(14-7-5-13(10-18)6-8-14)19-16(23)11-22-17(24)21-9-3-2-4-15(21)20-22/h2-9,12H,11H2,1H3,(H,19,23). The van der Waals surface area contributed by atoms with Gasteiger partial charge in [-0.1, -0.05) is 18.2 Å². The van der Waals surface area contributed by atoms with Crippen molar-refractivity contribution in [2.24, 2.45) is 0 Å². The molecule has 1 aromatic carbocycles. The van der Waals surface area contributed by atoms with Gasteiger partial charge in [0.1, 0.15) is 6.54 Å². The molecule has 1 unspecified atom stereocenters. The van der Waals surface area contributed by atoms with Crippen molar-refractivity contribution in [1.82, 2.24) is 19.5 Å². The van der Waals surface area contributed by atoms with Crippen molar-refractivity contribution in [3.8, 4) is 6.07 Å². The molecular weight excluding hydrogens is 306 g/mol. The van der Waals surface area contributed by atoms with E-state index in [2.05, 4.69) is 10.4 Å². The Labute approximate surface area is 137 Å². The fraction of sp³-hybridized carbons (Fsp3) is 0.176. The highest BCUT2D eigenvalue weighted by atomic mass is 16.2. The Morgan fingerprint density at radius 3 is 2.71 bits per heavy atom. The fourth-order valence-electron chi connectivity index (χ4n) is 2.42. The quantitative estimate of drug-likeness (QED) is 0.782. The molecule has 0 radical (unpaired) electrons. The molecule has 1 amide bonds. The molecule has 3 rings (SSSR count). The number of hydrogen-bond acceptors (Lipinski definition) is 4. The van der Waals surface area contributed by atoms with Crippen molar-refractivity contribution in [1.29, 1.82) is 5.26 Å². The van der Waals surface area contributed by atoms with Crippen LogP contribution >= 0.6 is 0 Å². The Balaban J connectivity index is 1.71. The second kappa shape index (κ2) is 6.38. The lowest BCUT2D eigenvalue weighted by Gasteiger charge is -2.14. The van der Waals surface area contributed by atoms with E-state index in [1.54, 1.807) is 48.7 Å². The van der Waals surface area contributed by atoms with Crippen molar-refractivity contribution >= 4 is 11.6 Å². The molecule has 0 aliphatic carbocycles. The van der Waals surface area contributed by atoms with Gasteiger partial charge in [-0.05, 0) is 36.8 Å². The van der Waals surface area contributed by atoms with E-state index >= 15 is 0 Å². The summed E-state index contributed by atoms with van der Waals surface area (Å²) in [5, 5.41) is 15.7. The molecule has 0 aliphatic rings. The Morgan fingerprint density at radius 2 is 2.04 bits per heavy atom. The molecule has 1 N–H and O–H groups in total. The summed E-state index contributed by atoms with van der Waals surface area (Å²) in [6.07, 6.45) is 1.61. The normalized spacial score (nSPS) is 11.8. The topological polar surface area (TPSA) is 92.2 Å². The summed E-state index contributed by atoms with van der Waals surface area (Å²) < 4.78 is 2.52. The molecule has 0 aliphatic heterocycles. The molecule has 3 aromatic rings. The predicted octanol–water partition coefficient (Wildman–Crippen LogP) is 1.25. The third-order valence-corrected chi connectivity index (χ3v) is 3.70. The van der Waals surface area contributed by atoms with Gasteiger partial charge in [0.2, 0.25) is 5.91 Å². The smallest absolute Gasteiger partial charge is 0.348 e. The number of pyridine rings is 1. The highest BCUT2D eigenvalue weighted by Crippen LogP contribution is 2.13. The van der Waals surface area contributed by atoms with Crippen LogP contribution in [0.2, 0.25) is 0 Å². The lowest BCUT2D eigenvalue weighted by atomic mass is 10.1. The van der Waals surface area contributed by atoms with E-state index in [0.717, 1.165) is 10.2 Å². The van der Waals surface area contributed by atoms with Gasteiger partial charge in [0.25, 0.3) is 0 Å². The van der Waals surface area contributed by atoms with E-state index < -0.39 is 0 Å². The Kier molecular flexibility index (Phi) is 4.12. The van der Waals surface area contributed by atoms with Gasteiger partial charge in [-0.15, -0.1) is 5.10 Å². The number of carbonyl (C=O) groups excluding carboxylic acids is 1. The summed E-state index contributed by atoms with van der Waals surface area (Å²) in [6, 6.07) is 14.0. The molecule has 0 saturated heterocycles. The van der Waals surface area contributed by atoms with E-state index in [0.29, 0.717) is 11.2 Å². The first-order valence-electron chi connectivity index (χ1n) is 7.42. The van der Waals surface area contributed by atoms with Gasteiger partial charge in [-0.3, -0.25) is 9.20 Å². The third-order valence-electron chi connectivity index (χ3n) is 3.70. The molecule has 1 atom stereocenters. The van der Waals surface area contributed by atoms with Crippen LogP contribution in [0.15, 0.2) is 53.5 Å².